The van der Waals surface area contributed by atoms with Crippen molar-refractivity contribution in [3.8, 4) is 44.5 Å². The van der Waals surface area contributed by atoms with Crippen LogP contribution < -0.4 is 44.2 Å². The van der Waals surface area contributed by atoms with Crippen LogP contribution in [0.4, 0.5) is 22.7 Å². The van der Waals surface area contributed by atoms with Gasteiger partial charge in [0.25, 0.3) is 0 Å². The molecular formula is C44H38N8O12P4Zr. The first kappa shape index (κ1) is 49.6. The molecule has 5 heterocycles. The predicted octanol–water partition coefficient (Wildman–Crippen LogP) is 4.86. The molecule has 2 aliphatic heterocycles. The number of hydrogen-bond donors (Lipinski definition) is 14. The first-order valence-corrected chi connectivity index (χ1v) is 26.3. The van der Waals surface area contributed by atoms with Gasteiger partial charge in [-0.05, 0) is 72.8 Å². The second kappa shape index (κ2) is 17.8. The van der Waals surface area contributed by atoms with Crippen molar-refractivity contribution in [1.29, 1.82) is 0 Å². The van der Waals surface area contributed by atoms with Gasteiger partial charge < -0.3 is 72.0 Å². The molecule has 350 valence electrons. The molecule has 0 unspecified atom stereocenters. The first-order chi connectivity index (χ1) is 31.9. The molecule has 69 heavy (non-hydrogen) atoms. The Kier molecular flexibility index (Phi) is 12.8. The van der Waals surface area contributed by atoms with Crippen LogP contribution in [0.2, 0.25) is 0 Å². The topological polar surface area (TPSA) is 392 Å². The Hall–Kier alpha value is -5.84. The van der Waals surface area contributed by atoms with Crippen molar-refractivity contribution in [3.05, 3.63) is 120 Å². The smallest absolute Gasteiger partial charge is 0.358 e. The Balaban J connectivity index is 0.00000642. The molecule has 0 aliphatic carbocycles. The maximum absolute atomic E-state index is 12.7. The van der Waals surface area contributed by atoms with Crippen LogP contribution in [-0.2, 0) is 44.5 Å². The fourth-order valence-electron chi connectivity index (χ4n) is 8.44. The van der Waals surface area contributed by atoms with Crippen LogP contribution in [0.3, 0.4) is 0 Å². The molecule has 4 aromatic carbocycles. The average Bonchev–Trinajstić information content (AvgIpc) is 4.09. The van der Waals surface area contributed by atoms with Gasteiger partial charge in [-0.3, -0.25) is 18.3 Å². The summed E-state index contributed by atoms with van der Waals surface area (Å²) < 4.78 is 50.9. The van der Waals surface area contributed by atoms with Gasteiger partial charge in [0, 0.05) is 92.8 Å². The van der Waals surface area contributed by atoms with Gasteiger partial charge in [-0.25, -0.2) is 9.97 Å². The monoisotopic (exact) mass is 1080 g/mol. The van der Waals surface area contributed by atoms with Crippen molar-refractivity contribution >= 4 is 121 Å². The Morgan fingerprint density at radius 3 is 0.739 bits per heavy atom. The molecule has 0 fully saturated rings. The minimum atomic E-state index is -4.96. The van der Waals surface area contributed by atoms with E-state index in [-0.39, 0.29) is 138 Å². The number of nitrogen functional groups attached to an aromatic ring is 4. The third kappa shape index (κ3) is 8.99. The second-order valence-corrected chi connectivity index (χ2v) is 21.9. The van der Waals surface area contributed by atoms with Crippen molar-refractivity contribution < 1.29 is 83.6 Å². The van der Waals surface area contributed by atoms with E-state index in [0.29, 0.717) is 0 Å². The summed E-state index contributed by atoms with van der Waals surface area (Å²) in [5, 5.41) is -1.88. The largest absolute Gasteiger partial charge is 0.397 e. The van der Waals surface area contributed by atoms with Crippen molar-refractivity contribution in [2.75, 3.05) is 22.9 Å². The number of H-pyrrole nitrogens is 2. The summed E-state index contributed by atoms with van der Waals surface area (Å²) in [6.45, 7) is 0. The van der Waals surface area contributed by atoms with Crippen LogP contribution in [0.5, 0.6) is 0 Å². The Morgan fingerprint density at radius 1 is 0.348 bits per heavy atom. The van der Waals surface area contributed by atoms with Crippen LogP contribution in [0.15, 0.2) is 97.1 Å². The van der Waals surface area contributed by atoms with Crippen molar-refractivity contribution in [3.63, 3.8) is 0 Å². The van der Waals surface area contributed by atoms with E-state index in [1.54, 1.807) is 48.6 Å². The summed E-state index contributed by atoms with van der Waals surface area (Å²) in [5.41, 5.74) is 28.4. The SMILES string of the molecule is Nc1c(-c2c3nc(c(-c4cccc(P(=O)(O)O)c4N)c4ccc([nH]4)c(-c4cccc(P(=O)(O)O)c4N)c4nc(c(-c5cccc(P(=O)(O)O)c5N)c5ccc2[nH]5)C=C4)C=C3)cccc1P(=O)(O)O.[Zr]. The van der Waals surface area contributed by atoms with Crippen LogP contribution in [-0.4, -0.2) is 59.1 Å². The number of aromatic amines is 2. The number of aromatic nitrogens is 4. The third-order valence-corrected chi connectivity index (χ3v) is 15.5. The molecule has 0 amide bonds. The quantitative estimate of drug-likeness (QED) is 0.0713. The van der Waals surface area contributed by atoms with Crippen molar-refractivity contribution in [2.45, 2.75) is 0 Å². The number of fused-ring (bicyclic) bond motifs is 8. The van der Waals surface area contributed by atoms with Gasteiger partial charge in [-0.15, -0.1) is 0 Å². The third-order valence-electron chi connectivity index (χ3n) is 11.4. The van der Waals surface area contributed by atoms with Gasteiger partial charge in [0.05, 0.1) is 66.7 Å². The first-order valence-electron chi connectivity index (χ1n) is 19.9. The normalized spacial score (nSPS) is 12.9. The van der Waals surface area contributed by atoms with E-state index >= 15 is 0 Å². The molecule has 3 aromatic heterocycles. The number of benzene rings is 4. The van der Waals surface area contributed by atoms with Crippen molar-refractivity contribution in [1.82, 2.24) is 19.9 Å². The molecular weight excluding hydrogens is 1050 g/mol. The summed E-state index contributed by atoms with van der Waals surface area (Å²) in [6.07, 6.45) is 6.34. The molecule has 7 aromatic rings. The average molecular weight is 1090 g/mol. The zero-order valence-corrected chi connectivity index (χ0v) is 41.3. The molecule has 0 saturated heterocycles. The van der Waals surface area contributed by atoms with Gasteiger partial charge in [0.15, 0.2) is 0 Å². The molecule has 25 heteroatoms. The van der Waals surface area contributed by atoms with E-state index in [1.165, 1.54) is 72.8 Å². The summed E-state index contributed by atoms with van der Waals surface area (Å²) >= 11 is 0. The molecule has 9 rings (SSSR count). The number of rotatable bonds is 8. The van der Waals surface area contributed by atoms with Crippen LogP contribution in [0.1, 0.15) is 22.8 Å². The molecule has 18 N–H and O–H groups in total. The molecule has 0 spiro atoms. The zero-order chi connectivity index (χ0) is 48.8. The molecule has 0 saturated carbocycles. The summed E-state index contributed by atoms with van der Waals surface area (Å²) in [6, 6.07) is 23.0. The zero-order valence-electron chi connectivity index (χ0n) is 35.3. The summed E-state index contributed by atoms with van der Waals surface area (Å²) in [5.74, 6) is 0. The number of nitrogens with zero attached hydrogens (tertiary/aromatic N) is 2. The second-order valence-electron chi connectivity index (χ2n) is 15.6. The molecule has 2 aliphatic rings. The van der Waals surface area contributed by atoms with Crippen molar-refractivity contribution in [2.24, 2.45) is 0 Å². The van der Waals surface area contributed by atoms with Crippen LogP contribution in [0, 0.1) is 0 Å². The van der Waals surface area contributed by atoms with E-state index < -0.39 is 51.6 Å². The molecule has 8 bridgehead atoms. The minimum Gasteiger partial charge on any atom is -0.397 e. The number of hydrogen-bond acceptors (Lipinski definition) is 10. The van der Waals surface area contributed by atoms with Crippen LogP contribution in [0.25, 0.3) is 90.9 Å². The number of para-hydroxylation sites is 4. The minimum absolute atomic E-state index is 0. The van der Waals surface area contributed by atoms with E-state index in [4.69, 9.17) is 32.9 Å². The van der Waals surface area contributed by atoms with Gasteiger partial charge in [0.1, 0.15) is 0 Å². The molecule has 20 nitrogen and oxygen atoms in total. The predicted molar refractivity (Wildman–Crippen MR) is 265 cm³/mol. The Bertz CT molecular complexity index is 3300. The van der Waals surface area contributed by atoms with E-state index in [9.17, 15) is 57.4 Å². The van der Waals surface area contributed by atoms with E-state index in [0.717, 1.165) is 0 Å². The van der Waals surface area contributed by atoms with E-state index in [2.05, 4.69) is 9.97 Å². The molecule has 0 radical (unpaired) electrons. The van der Waals surface area contributed by atoms with E-state index in [1.807, 2.05) is 0 Å². The fourth-order valence-corrected chi connectivity index (χ4v) is 11.3. The number of anilines is 4. The summed E-state index contributed by atoms with van der Waals surface area (Å²) in [7, 11) is -19.8. The molecule has 0 atom stereocenters. The van der Waals surface area contributed by atoms with Gasteiger partial charge >= 0.3 is 30.4 Å². The van der Waals surface area contributed by atoms with Gasteiger partial charge in [-0.1, -0.05) is 48.5 Å². The summed E-state index contributed by atoms with van der Waals surface area (Å²) in [4.78, 5) is 99.3. The number of nitrogens with two attached hydrogens (primary N) is 4. The fraction of sp³-hybridized carbons (Fsp3) is 0. The standard InChI is InChI=1S/C44H38N8O12P4.Zr/c45-41-21(5-1-9-33(41)65(53,54)55)37-25-13-15-27(49-25)38(22-6-2-10-34(42(22)46)66(56,57)58)29-17-19-31(51-29)40(24-8-4-12-36(44(24)48)68(62,63)64)32-20-18-30(52-32)39(28-16-14-26(37)50-28)23-7-3-11-35(43(23)47)67(59,60)61;/h1-20,49,52H,45-48H2,(H2,53,54,55)(H2,56,57,58)(H2,59,60,61)(H2,62,63,64);. The maximum atomic E-state index is 12.7. The Morgan fingerprint density at radius 2 is 0.551 bits per heavy atom. The van der Waals surface area contributed by atoms with Crippen LogP contribution >= 0.6 is 30.4 Å². The number of nitrogens with one attached hydrogen (secondary N) is 2. The maximum Gasteiger partial charge on any atom is 0.358 e. The Labute approximate surface area is 409 Å². The van der Waals surface area contributed by atoms with Gasteiger partial charge in [0.2, 0.25) is 0 Å². The van der Waals surface area contributed by atoms with Gasteiger partial charge in [-0.2, -0.15) is 0 Å².